The molecule has 3 aromatic rings. The average molecular weight is 456 g/mol. The Morgan fingerprint density at radius 1 is 1.31 bits per heavy atom. The highest BCUT2D eigenvalue weighted by molar-refractivity contribution is 7.98. The number of aromatic nitrogens is 2. The van der Waals surface area contributed by atoms with Crippen molar-refractivity contribution in [1.82, 2.24) is 14.9 Å². The maximum atomic E-state index is 13.6. The highest BCUT2D eigenvalue weighted by Crippen LogP contribution is 2.25. The zero-order valence-electron chi connectivity index (χ0n) is 18.1. The van der Waals surface area contributed by atoms with Crippen molar-refractivity contribution >= 4 is 28.6 Å². The number of nitrogens with one attached hydrogen (secondary N) is 1. The number of carbonyl (C=O) groups excluding carboxylic acids is 1. The van der Waals surface area contributed by atoms with Gasteiger partial charge in [-0.25, -0.2) is 9.37 Å². The van der Waals surface area contributed by atoms with Gasteiger partial charge >= 0.3 is 0 Å². The maximum absolute atomic E-state index is 13.6. The van der Waals surface area contributed by atoms with Gasteiger partial charge in [0.2, 0.25) is 0 Å². The summed E-state index contributed by atoms with van der Waals surface area (Å²) in [5.74, 6) is -0.0392. The van der Waals surface area contributed by atoms with Crippen molar-refractivity contribution in [2.24, 2.45) is 0 Å². The second-order valence-electron chi connectivity index (χ2n) is 8.22. The van der Waals surface area contributed by atoms with E-state index in [4.69, 9.17) is 9.72 Å². The monoisotopic (exact) mass is 455 g/mol. The molecule has 2 heterocycles. The van der Waals surface area contributed by atoms with Crippen LogP contribution in [0.3, 0.4) is 0 Å². The predicted molar refractivity (Wildman–Crippen MR) is 124 cm³/mol. The van der Waals surface area contributed by atoms with Crippen LogP contribution in [0.15, 0.2) is 52.4 Å². The summed E-state index contributed by atoms with van der Waals surface area (Å²) in [4.78, 5) is 30.5. The van der Waals surface area contributed by atoms with E-state index in [1.807, 2.05) is 19.9 Å². The molecule has 4 rings (SSSR count). The summed E-state index contributed by atoms with van der Waals surface area (Å²) < 4.78 is 21.0. The lowest BCUT2D eigenvalue weighted by molar-refractivity contribution is 0.0937. The van der Waals surface area contributed by atoms with Gasteiger partial charge in [-0.1, -0.05) is 23.9 Å². The molecule has 1 aliphatic rings. The minimum Gasteiger partial charge on any atom is -0.376 e. The number of thioether (sulfide) groups is 1. The van der Waals surface area contributed by atoms with E-state index in [1.165, 1.54) is 23.9 Å². The minimum absolute atomic E-state index is 0.00273. The maximum Gasteiger partial charge on any atom is 0.262 e. The average Bonchev–Trinajstić information content (AvgIpc) is 3.27. The van der Waals surface area contributed by atoms with Gasteiger partial charge in [0.15, 0.2) is 5.16 Å². The molecule has 1 fully saturated rings. The van der Waals surface area contributed by atoms with Crippen LogP contribution in [0.5, 0.6) is 0 Å². The summed E-state index contributed by atoms with van der Waals surface area (Å²) in [5.41, 5.74) is 1.56. The van der Waals surface area contributed by atoms with Crippen molar-refractivity contribution in [3.05, 3.63) is 69.8 Å². The van der Waals surface area contributed by atoms with Crippen molar-refractivity contribution in [2.75, 3.05) is 6.61 Å². The molecule has 0 aliphatic carbocycles. The van der Waals surface area contributed by atoms with Crippen LogP contribution in [-0.2, 0) is 17.0 Å². The Morgan fingerprint density at radius 2 is 2.16 bits per heavy atom. The molecule has 0 bridgehead atoms. The second-order valence-corrected chi connectivity index (χ2v) is 9.17. The smallest absolute Gasteiger partial charge is 0.262 e. The Kier molecular flexibility index (Phi) is 6.91. The summed E-state index contributed by atoms with van der Waals surface area (Å²) in [6, 6.07) is 11.3. The Bertz CT molecular complexity index is 1190. The molecule has 168 valence electrons. The van der Waals surface area contributed by atoms with E-state index in [2.05, 4.69) is 5.32 Å². The summed E-state index contributed by atoms with van der Waals surface area (Å²) in [6.07, 6.45) is 1.84. The third-order valence-electron chi connectivity index (χ3n) is 5.27. The SMILES string of the molecule is CC(C)NC(=O)c1ccc2c(=O)n(C[C@@H]3CCCO3)c(SCc3cccc(F)c3)nc2c1. The molecule has 1 atom stereocenters. The van der Waals surface area contributed by atoms with Gasteiger partial charge in [-0.2, -0.15) is 0 Å². The molecule has 8 heteroatoms. The van der Waals surface area contributed by atoms with E-state index in [0.717, 1.165) is 18.4 Å². The van der Waals surface area contributed by atoms with Crippen LogP contribution in [0.25, 0.3) is 10.9 Å². The van der Waals surface area contributed by atoms with Crippen LogP contribution in [0, 0.1) is 5.82 Å². The Hall–Kier alpha value is -2.71. The molecule has 1 amide bonds. The number of fused-ring (bicyclic) bond motifs is 1. The third kappa shape index (κ3) is 5.19. The topological polar surface area (TPSA) is 73.2 Å². The van der Waals surface area contributed by atoms with Crippen LogP contribution in [0.1, 0.15) is 42.6 Å². The van der Waals surface area contributed by atoms with E-state index in [9.17, 15) is 14.0 Å². The Balaban J connectivity index is 1.72. The molecule has 0 radical (unpaired) electrons. The van der Waals surface area contributed by atoms with E-state index in [1.54, 1.807) is 28.8 Å². The molecule has 0 saturated carbocycles. The van der Waals surface area contributed by atoms with Gasteiger partial charge in [0.1, 0.15) is 5.82 Å². The largest absolute Gasteiger partial charge is 0.376 e. The molecular weight excluding hydrogens is 429 g/mol. The van der Waals surface area contributed by atoms with Crippen molar-refractivity contribution in [3.63, 3.8) is 0 Å². The predicted octanol–water partition coefficient (Wildman–Crippen LogP) is 4.15. The van der Waals surface area contributed by atoms with Crippen LogP contribution >= 0.6 is 11.8 Å². The quantitative estimate of drug-likeness (QED) is 0.428. The molecule has 1 N–H and O–H groups in total. The van der Waals surface area contributed by atoms with E-state index in [-0.39, 0.29) is 29.4 Å². The van der Waals surface area contributed by atoms with Gasteiger partial charge in [0.25, 0.3) is 11.5 Å². The van der Waals surface area contributed by atoms with Crippen LogP contribution < -0.4 is 10.9 Å². The fourth-order valence-electron chi connectivity index (χ4n) is 3.73. The lowest BCUT2D eigenvalue weighted by atomic mass is 10.1. The standard InChI is InChI=1S/C24H26FN3O3S/c1-15(2)26-22(29)17-8-9-20-21(12-17)27-24(32-14-16-5-3-6-18(25)11-16)28(23(20)30)13-19-7-4-10-31-19/h3,5-6,8-9,11-12,15,19H,4,7,10,13-14H2,1-2H3,(H,26,29)/t19-/m0/s1. The molecular formula is C24H26FN3O3S. The zero-order chi connectivity index (χ0) is 22.7. The first-order chi connectivity index (χ1) is 15.4. The highest BCUT2D eigenvalue weighted by Gasteiger charge is 2.21. The second kappa shape index (κ2) is 9.83. The number of hydrogen-bond donors (Lipinski definition) is 1. The van der Waals surface area contributed by atoms with E-state index < -0.39 is 0 Å². The van der Waals surface area contributed by atoms with Crippen LogP contribution in [0.4, 0.5) is 4.39 Å². The summed E-state index contributed by atoms with van der Waals surface area (Å²) in [7, 11) is 0. The molecule has 0 spiro atoms. The summed E-state index contributed by atoms with van der Waals surface area (Å²) in [5, 5.41) is 3.85. The third-order valence-corrected chi connectivity index (χ3v) is 6.32. The van der Waals surface area contributed by atoms with E-state index in [0.29, 0.717) is 40.5 Å². The minimum atomic E-state index is -0.299. The molecule has 1 aliphatic heterocycles. The molecule has 6 nitrogen and oxygen atoms in total. The lowest BCUT2D eigenvalue weighted by Crippen LogP contribution is -2.31. The number of ether oxygens (including phenoxy) is 1. The van der Waals surface area contributed by atoms with Crippen molar-refractivity contribution in [2.45, 2.75) is 56.3 Å². The number of hydrogen-bond acceptors (Lipinski definition) is 5. The Labute approximate surface area is 190 Å². The lowest BCUT2D eigenvalue weighted by Gasteiger charge is -2.17. The molecule has 1 saturated heterocycles. The van der Waals surface area contributed by atoms with Gasteiger partial charge in [-0.15, -0.1) is 0 Å². The highest BCUT2D eigenvalue weighted by atomic mass is 32.2. The fourth-order valence-corrected chi connectivity index (χ4v) is 4.68. The van der Waals surface area contributed by atoms with Crippen LogP contribution in [-0.4, -0.2) is 34.2 Å². The van der Waals surface area contributed by atoms with Gasteiger partial charge < -0.3 is 10.1 Å². The van der Waals surface area contributed by atoms with E-state index >= 15 is 0 Å². The molecule has 2 aromatic carbocycles. The summed E-state index contributed by atoms with van der Waals surface area (Å²) in [6.45, 7) is 4.90. The number of carbonyl (C=O) groups is 1. The van der Waals surface area contributed by atoms with Gasteiger partial charge in [0, 0.05) is 24.0 Å². The molecule has 1 aromatic heterocycles. The van der Waals surface area contributed by atoms with Crippen LogP contribution in [0.2, 0.25) is 0 Å². The van der Waals surface area contributed by atoms with Gasteiger partial charge in [0.05, 0.1) is 23.6 Å². The first-order valence-electron chi connectivity index (χ1n) is 10.7. The van der Waals surface area contributed by atoms with Crippen molar-refractivity contribution in [3.8, 4) is 0 Å². The first kappa shape index (κ1) is 22.5. The Morgan fingerprint density at radius 3 is 2.88 bits per heavy atom. The number of rotatable bonds is 7. The van der Waals surface area contributed by atoms with Crippen molar-refractivity contribution in [1.29, 1.82) is 0 Å². The number of nitrogens with zero attached hydrogens (tertiary/aromatic N) is 2. The van der Waals surface area contributed by atoms with Gasteiger partial charge in [-0.05, 0) is 62.6 Å². The number of amides is 1. The molecule has 32 heavy (non-hydrogen) atoms. The number of benzene rings is 2. The van der Waals surface area contributed by atoms with Gasteiger partial charge in [-0.3, -0.25) is 14.2 Å². The van der Waals surface area contributed by atoms with Crippen molar-refractivity contribution < 1.29 is 13.9 Å². The number of halogens is 1. The molecule has 0 unspecified atom stereocenters. The fraction of sp³-hybridized carbons (Fsp3) is 0.375. The summed E-state index contributed by atoms with van der Waals surface area (Å²) >= 11 is 1.38. The zero-order valence-corrected chi connectivity index (χ0v) is 19.0. The normalized spacial score (nSPS) is 16.1. The first-order valence-corrected chi connectivity index (χ1v) is 11.7.